The second kappa shape index (κ2) is 4.84. The molecule has 0 aliphatic carbocycles. The number of hydroxylamine groups is 1. The molecular formula is C10H15NO2. The van der Waals surface area contributed by atoms with Crippen molar-refractivity contribution in [2.24, 2.45) is 0 Å². The van der Waals surface area contributed by atoms with E-state index in [1.165, 1.54) is 0 Å². The van der Waals surface area contributed by atoms with E-state index in [1.54, 1.807) is 7.11 Å². The van der Waals surface area contributed by atoms with Gasteiger partial charge in [-0.25, -0.2) is 0 Å². The summed E-state index contributed by atoms with van der Waals surface area (Å²) in [4.78, 5) is 4.71. The summed E-state index contributed by atoms with van der Waals surface area (Å²) in [6.45, 7) is 2.54. The van der Waals surface area contributed by atoms with E-state index in [0.29, 0.717) is 12.3 Å². The Kier molecular flexibility index (Phi) is 3.73. The van der Waals surface area contributed by atoms with E-state index < -0.39 is 0 Å². The van der Waals surface area contributed by atoms with Crippen LogP contribution in [0.25, 0.3) is 0 Å². The Morgan fingerprint density at radius 1 is 1.38 bits per heavy atom. The van der Waals surface area contributed by atoms with Crippen LogP contribution in [0.1, 0.15) is 18.1 Å². The largest absolute Gasteiger partial charge is 0.507 e. The molecule has 0 fully saturated rings. The van der Waals surface area contributed by atoms with Crippen molar-refractivity contribution in [3.05, 3.63) is 29.3 Å². The number of aryl methyl sites for hydroxylation is 1. The molecule has 0 atom stereocenters. The van der Waals surface area contributed by atoms with Crippen LogP contribution in [0.3, 0.4) is 0 Å². The molecule has 0 spiro atoms. The topological polar surface area (TPSA) is 41.5 Å². The molecule has 0 heterocycles. The highest BCUT2D eigenvalue weighted by molar-refractivity contribution is 5.40. The SMILES string of the molecule is CCc1cccc(CNOC)c1O. The maximum absolute atomic E-state index is 9.72. The molecule has 3 nitrogen and oxygen atoms in total. The minimum Gasteiger partial charge on any atom is -0.507 e. The zero-order valence-electron chi connectivity index (χ0n) is 8.00. The van der Waals surface area contributed by atoms with Crippen molar-refractivity contribution < 1.29 is 9.94 Å². The zero-order chi connectivity index (χ0) is 9.68. The second-order valence-corrected chi connectivity index (χ2v) is 2.80. The summed E-state index contributed by atoms with van der Waals surface area (Å²) in [5.41, 5.74) is 4.53. The highest BCUT2D eigenvalue weighted by atomic mass is 16.6. The van der Waals surface area contributed by atoms with E-state index in [-0.39, 0.29) is 0 Å². The number of nitrogens with one attached hydrogen (secondary N) is 1. The highest BCUT2D eigenvalue weighted by Gasteiger charge is 2.04. The van der Waals surface area contributed by atoms with Crippen LogP contribution in [-0.2, 0) is 17.8 Å². The van der Waals surface area contributed by atoms with Gasteiger partial charge < -0.3 is 9.94 Å². The lowest BCUT2D eigenvalue weighted by atomic mass is 10.1. The van der Waals surface area contributed by atoms with Gasteiger partial charge in [-0.3, -0.25) is 0 Å². The van der Waals surface area contributed by atoms with Crippen molar-refractivity contribution in [3.63, 3.8) is 0 Å². The van der Waals surface area contributed by atoms with Crippen LogP contribution in [0.15, 0.2) is 18.2 Å². The third kappa shape index (κ3) is 2.44. The third-order valence-corrected chi connectivity index (χ3v) is 1.99. The second-order valence-electron chi connectivity index (χ2n) is 2.80. The predicted molar refractivity (Wildman–Crippen MR) is 51.3 cm³/mol. The van der Waals surface area contributed by atoms with Gasteiger partial charge in [-0.2, -0.15) is 5.48 Å². The number of para-hydroxylation sites is 1. The minimum absolute atomic E-state index is 0.370. The predicted octanol–water partition coefficient (Wildman–Crippen LogP) is 1.61. The maximum atomic E-state index is 9.72. The molecule has 3 heteroatoms. The fourth-order valence-electron chi connectivity index (χ4n) is 1.22. The first kappa shape index (κ1) is 10.0. The smallest absolute Gasteiger partial charge is 0.123 e. The average molecular weight is 181 g/mol. The van der Waals surface area contributed by atoms with E-state index in [4.69, 9.17) is 4.84 Å². The van der Waals surface area contributed by atoms with Gasteiger partial charge in [-0.15, -0.1) is 0 Å². The first-order valence-corrected chi connectivity index (χ1v) is 4.35. The quantitative estimate of drug-likeness (QED) is 0.693. The van der Waals surface area contributed by atoms with Gasteiger partial charge in [-0.1, -0.05) is 25.1 Å². The van der Waals surface area contributed by atoms with Gasteiger partial charge in [0, 0.05) is 12.1 Å². The number of benzene rings is 1. The Labute approximate surface area is 78.3 Å². The summed E-state index contributed by atoms with van der Waals surface area (Å²) in [5.74, 6) is 0.370. The van der Waals surface area contributed by atoms with Gasteiger partial charge in [-0.05, 0) is 12.0 Å². The van der Waals surface area contributed by atoms with E-state index in [0.717, 1.165) is 17.5 Å². The van der Waals surface area contributed by atoms with Crippen LogP contribution in [0.4, 0.5) is 0 Å². The van der Waals surface area contributed by atoms with Gasteiger partial charge in [0.05, 0.1) is 7.11 Å². The number of aromatic hydroxyl groups is 1. The maximum Gasteiger partial charge on any atom is 0.123 e. The first-order chi connectivity index (χ1) is 6.29. The van der Waals surface area contributed by atoms with E-state index in [2.05, 4.69) is 5.48 Å². The van der Waals surface area contributed by atoms with Crippen molar-refractivity contribution in [1.82, 2.24) is 5.48 Å². The van der Waals surface area contributed by atoms with Gasteiger partial charge >= 0.3 is 0 Å². The monoisotopic (exact) mass is 181 g/mol. The molecule has 0 saturated carbocycles. The minimum atomic E-state index is 0.370. The molecule has 72 valence electrons. The molecule has 0 aliphatic heterocycles. The molecule has 0 aliphatic rings. The van der Waals surface area contributed by atoms with Crippen molar-refractivity contribution in [2.75, 3.05) is 7.11 Å². The molecule has 13 heavy (non-hydrogen) atoms. The first-order valence-electron chi connectivity index (χ1n) is 4.35. The fourth-order valence-corrected chi connectivity index (χ4v) is 1.22. The molecule has 0 saturated heterocycles. The Balaban J connectivity index is 2.81. The molecular weight excluding hydrogens is 166 g/mol. The average Bonchev–Trinajstić information content (AvgIpc) is 2.16. The van der Waals surface area contributed by atoms with Gasteiger partial charge in [0.1, 0.15) is 5.75 Å². The van der Waals surface area contributed by atoms with Crippen molar-refractivity contribution >= 4 is 0 Å². The molecule has 1 aromatic rings. The molecule has 1 rings (SSSR count). The molecule has 0 aromatic heterocycles. The Hall–Kier alpha value is -1.06. The van der Waals surface area contributed by atoms with E-state index in [1.807, 2.05) is 25.1 Å². The molecule has 0 bridgehead atoms. The summed E-state index contributed by atoms with van der Waals surface area (Å²) < 4.78 is 0. The van der Waals surface area contributed by atoms with Crippen LogP contribution in [0, 0.1) is 0 Å². The lowest BCUT2D eigenvalue weighted by Gasteiger charge is -2.08. The molecule has 1 aromatic carbocycles. The molecule has 2 N–H and O–H groups in total. The Morgan fingerprint density at radius 3 is 2.69 bits per heavy atom. The van der Waals surface area contributed by atoms with Crippen molar-refractivity contribution in [1.29, 1.82) is 0 Å². The van der Waals surface area contributed by atoms with Gasteiger partial charge in [0.2, 0.25) is 0 Å². The standard InChI is InChI=1S/C10H15NO2/c1-3-8-5-4-6-9(10(8)12)7-11-13-2/h4-6,11-12H,3,7H2,1-2H3. The van der Waals surface area contributed by atoms with Crippen molar-refractivity contribution in [2.45, 2.75) is 19.9 Å². The lowest BCUT2D eigenvalue weighted by molar-refractivity contribution is 0.0861. The van der Waals surface area contributed by atoms with Gasteiger partial charge in [0.25, 0.3) is 0 Å². The van der Waals surface area contributed by atoms with E-state index in [9.17, 15) is 5.11 Å². The summed E-state index contributed by atoms with van der Waals surface area (Å²) >= 11 is 0. The van der Waals surface area contributed by atoms with Crippen LogP contribution >= 0.6 is 0 Å². The number of hydrogen-bond acceptors (Lipinski definition) is 3. The normalized spacial score (nSPS) is 10.3. The van der Waals surface area contributed by atoms with Crippen LogP contribution in [0.5, 0.6) is 5.75 Å². The lowest BCUT2D eigenvalue weighted by Crippen LogP contribution is -2.11. The summed E-state index contributed by atoms with van der Waals surface area (Å²) in [7, 11) is 1.56. The Bertz CT molecular complexity index is 274. The zero-order valence-corrected chi connectivity index (χ0v) is 8.00. The van der Waals surface area contributed by atoms with Crippen LogP contribution < -0.4 is 5.48 Å². The molecule has 0 amide bonds. The number of phenolic OH excluding ortho intramolecular Hbond substituents is 1. The van der Waals surface area contributed by atoms with Crippen molar-refractivity contribution in [3.8, 4) is 5.75 Å². The Morgan fingerprint density at radius 2 is 2.08 bits per heavy atom. The van der Waals surface area contributed by atoms with E-state index >= 15 is 0 Å². The fraction of sp³-hybridized carbons (Fsp3) is 0.400. The summed E-state index contributed by atoms with van der Waals surface area (Å²) in [6.07, 6.45) is 0.840. The third-order valence-electron chi connectivity index (χ3n) is 1.99. The number of phenols is 1. The number of hydrogen-bond donors (Lipinski definition) is 2. The van der Waals surface area contributed by atoms with Crippen LogP contribution in [-0.4, -0.2) is 12.2 Å². The van der Waals surface area contributed by atoms with Crippen LogP contribution in [0.2, 0.25) is 0 Å². The number of rotatable bonds is 4. The summed E-state index contributed by atoms with van der Waals surface area (Å²) in [5, 5.41) is 9.72. The molecule has 0 radical (unpaired) electrons. The molecule has 0 unspecified atom stereocenters. The van der Waals surface area contributed by atoms with Gasteiger partial charge in [0.15, 0.2) is 0 Å². The summed E-state index contributed by atoms with van der Waals surface area (Å²) in [6, 6.07) is 5.73. The highest BCUT2D eigenvalue weighted by Crippen LogP contribution is 2.22.